The predicted octanol–water partition coefficient (Wildman–Crippen LogP) is 3.70. The Hall–Kier alpha value is -2.21. The molecule has 1 aromatic rings. The van der Waals surface area contributed by atoms with Crippen LogP contribution < -0.4 is 9.47 Å². The summed E-state index contributed by atoms with van der Waals surface area (Å²) < 4.78 is 15.5. The predicted molar refractivity (Wildman–Crippen MR) is 104 cm³/mol. The van der Waals surface area contributed by atoms with Gasteiger partial charge in [-0.25, -0.2) is 4.79 Å². The van der Waals surface area contributed by atoms with Gasteiger partial charge in [0.05, 0.1) is 19.2 Å². The third kappa shape index (κ3) is 5.39. The Bertz CT molecular complexity index is 709. The molecule has 0 saturated carbocycles. The van der Waals surface area contributed by atoms with Crippen molar-refractivity contribution >= 4 is 29.6 Å². The Morgan fingerprint density at radius 3 is 2.44 bits per heavy atom. The first-order valence-electron chi connectivity index (χ1n) is 8.94. The lowest BCUT2D eigenvalue weighted by molar-refractivity contribution is -0.151. The molecule has 6 nitrogen and oxygen atoms in total. The van der Waals surface area contributed by atoms with Gasteiger partial charge >= 0.3 is 5.97 Å². The van der Waals surface area contributed by atoms with Crippen LogP contribution in [-0.4, -0.2) is 49.7 Å². The molecule has 2 atom stereocenters. The summed E-state index contributed by atoms with van der Waals surface area (Å²) in [7, 11) is 3.00. The molecule has 1 saturated heterocycles. The molecule has 1 aromatic carbocycles. The van der Waals surface area contributed by atoms with E-state index in [0.29, 0.717) is 22.1 Å². The lowest BCUT2D eigenvalue weighted by Gasteiger charge is -2.38. The summed E-state index contributed by atoms with van der Waals surface area (Å²) in [4.78, 5) is 26.1. The SMILES string of the molecule is COc1cc(/C=C/C(=O)OCC(=O)N2[C@H](C)CCC[C@H]2C)cc(Cl)c1OC. The van der Waals surface area contributed by atoms with Crippen LogP contribution in [0.25, 0.3) is 6.08 Å². The zero-order chi connectivity index (χ0) is 20.0. The van der Waals surface area contributed by atoms with Crippen molar-refractivity contribution in [2.75, 3.05) is 20.8 Å². The maximum absolute atomic E-state index is 12.4. The zero-order valence-corrected chi connectivity index (χ0v) is 16.9. The number of methoxy groups -OCH3 is 2. The number of nitrogens with zero attached hydrogens (tertiary/aromatic N) is 1. The zero-order valence-electron chi connectivity index (χ0n) is 16.2. The number of halogens is 1. The van der Waals surface area contributed by atoms with Gasteiger partial charge in [0.2, 0.25) is 0 Å². The number of carbonyl (C=O) groups excluding carboxylic acids is 2. The standard InChI is InChI=1S/C20H26ClNO5/c1-13-6-5-7-14(2)22(13)18(23)12-27-19(24)9-8-15-10-16(21)20(26-4)17(11-15)25-3/h8-11,13-14H,5-7,12H2,1-4H3/b9-8+/t13-,14-/m1/s1. The molecule has 1 fully saturated rings. The molecular weight excluding hydrogens is 370 g/mol. The number of likely N-dealkylation sites (tertiary alicyclic amines) is 1. The Morgan fingerprint density at radius 2 is 1.85 bits per heavy atom. The van der Waals surface area contributed by atoms with Crippen LogP contribution in [0.15, 0.2) is 18.2 Å². The highest BCUT2D eigenvalue weighted by Crippen LogP contribution is 2.36. The van der Waals surface area contributed by atoms with Crippen molar-refractivity contribution in [2.24, 2.45) is 0 Å². The van der Waals surface area contributed by atoms with Gasteiger partial charge < -0.3 is 19.1 Å². The molecule has 1 aliphatic heterocycles. The van der Waals surface area contributed by atoms with E-state index in [0.717, 1.165) is 19.3 Å². The van der Waals surface area contributed by atoms with E-state index in [-0.39, 0.29) is 24.6 Å². The number of piperidine rings is 1. The molecule has 0 aromatic heterocycles. The molecule has 148 valence electrons. The summed E-state index contributed by atoms with van der Waals surface area (Å²) in [5.41, 5.74) is 0.652. The number of hydrogen-bond donors (Lipinski definition) is 0. The molecule has 0 unspecified atom stereocenters. The number of benzene rings is 1. The first-order valence-corrected chi connectivity index (χ1v) is 9.32. The molecular formula is C20H26ClNO5. The van der Waals surface area contributed by atoms with E-state index in [1.807, 2.05) is 18.7 Å². The Balaban J connectivity index is 1.95. The Morgan fingerprint density at radius 1 is 1.19 bits per heavy atom. The largest absolute Gasteiger partial charge is 0.493 e. The summed E-state index contributed by atoms with van der Waals surface area (Å²) >= 11 is 6.14. The van der Waals surface area contributed by atoms with Crippen molar-refractivity contribution in [3.63, 3.8) is 0 Å². The minimum absolute atomic E-state index is 0.161. The van der Waals surface area contributed by atoms with Crippen LogP contribution >= 0.6 is 11.6 Å². The number of carbonyl (C=O) groups is 2. The molecule has 7 heteroatoms. The van der Waals surface area contributed by atoms with Gasteiger partial charge in [-0.3, -0.25) is 4.79 Å². The number of ether oxygens (including phenoxy) is 3. The maximum atomic E-state index is 12.4. The monoisotopic (exact) mass is 395 g/mol. The van der Waals surface area contributed by atoms with Crippen LogP contribution in [-0.2, 0) is 14.3 Å². The van der Waals surface area contributed by atoms with Crippen molar-refractivity contribution in [1.82, 2.24) is 4.90 Å². The van der Waals surface area contributed by atoms with E-state index < -0.39 is 5.97 Å². The number of rotatable bonds is 6. The van der Waals surface area contributed by atoms with Crippen LogP contribution in [0, 0.1) is 0 Å². The molecule has 0 N–H and O–H groups in total. The summed E-state index contributed by atoms with van der Waals surface area (Å²) in [6, 6.07) is 3.68. The van der Waals surface area contributed by atoms with Gasteiger partial charge in [-0.15, -0.1) is 0 Å². The number of amides is 1. The molecule has 0 aliphatic carbocycles. The van der Waals surface area contributed by atoms with E-state index in [2.05, 4.69) is 0 Å². The lowest BCUT2D eigenvalue weighted by Crippen LogP contribution is -2.49. The van der Waals surface area contributed by atoms with Gasteiger partial charge in [-0.2, -0.15) is 0 Å². The van der Waals surface area contributed by atoms with E-state index >= 15 is 0 Å². The molecule has 2 rings (SSSR count). The second kappa shape index (κ2) is 9.65. The average Bonchev–Trinajstić information content (AvgIpc) is 2.64. The van der Waals surface area contributed by atoms with Crippen molar-refractivity contribution in [3.05, 3.63) is 28.8 Å². The van der Waals surface area contributed by atoms with E-state index in [9.17, 15) is 9.59 Å². The quantitative estimate of drug-likeness (QED) is 0.542. The van der Waals surface area contributed by atoms with Gasteiger partial charge in [0.25, 0.3) is 5.91 Å². The van der Waals surface area contributed by atoms with Crippen molar-refractivity contribution < 1.29 is 23.8 Å². The Kier molecular flexibility index (Phi) is 7.54. The van der Waals surface area contributed by atoms with E-state index in [1.54, 1.807) is 18.2 Å². The fraction of sp³-hybridized carbons (Fsp3) is 0.500. The highest BCUT2D eigenvalue weighted by Gasteiger charge is 2.29. The molecule has 0 radical (unpaired) electrons. The van der Waals surface area contributed by atoms with E-state index in [1.165, 1.54) is 20.3 Å². The lowest BCUT2D eigenvalue weighted by atomic mass is 9.97. The summed E-state index contributed by atoms with van der Waals surface area (Å²) in [5.74, 6) is 0.132. The van der Waals surface area contributed by atoms with Gasteiger partial charge in [-0.1, -0.05) is 11.6 Å². The van der Waals surface area contributed by atoms with Gasteiger partial charge in [0.15, 0.2) is 18.1 Å². The summed E-state index contributed by atoms with van der Waals surface area (Å²) in [5, 5.41) is 0.369. The third-order valence-electron chi connectivity index (χ3n) is 4.69. The fourth-order valence-electron chi connectivity index (χ4n) is 3.37. The first kappa shape index (κ1) is 21.1. The molecule has 1 aliphatic rings. The second-order valence-corrected chi connectivity index (χ2v) is 7.02. The fourth-order valence-corrected chi connectivity index (χ4v) is 3.66. The van der Waals surface area contributed by atoms with Crippen LogP contribution in [0.1, 0.15) is 38.7 Å². The van der Waals surface area contributed by atoms with E-state index in [4.69, 9.17) is 25.8 Å². The second-order valence-electron chi connectivity index (χ2n) is 6.61. The summed E-state index contributed by atoms with van der Waals surface area (Å²) in [6.45, 7) is 3.79. The van der Waals surface area contributed by atoms with Crippen LogP contribution in [0.2, 0.25) is 5.02 Å². The van der Waals surface area contributed by atoms with Crippen LogP contribution in [0.4, 0.5) is 0 Å². The number of hydrogen-bond acceptors (Lipinski definition) is 5. The minimum Gasteiger partial charge on any atom is -0.493 e. The molecule has 1 heterocycles. The smallest absolute Gasteiger partial charge is 0.331 e. The highest BCUT2D eigenvalue weighted by molar-refractivity contribution is 6.32. The van der Waals surface area contributed by atoms with Crippen molar-refractivity contribution in [3.8, 4) is 11.5 Å². The molecule has 0 spiro atoms. The van der Waals surface area contributed by atoms with Crippen LogP contribution in [0.5, 0.6) is 11.5 Å². The Labute approximate surface area is 165 Å². The average molecular weight is 396 g/mol. The molecule has 1 amide bonds. The number of esters is 1. The normalized spacial score (nSPS) is 19.8. The highest BCUT2D eigenvalue weighted by atomic mass is 35.5. The minimum atomic E-state index is -0.591. The van der Waals surface area contributed by atoms with Crippen molar-refractivity contribution in [1.29, 1.82) is 0 Å². The third-order valence-corrected chi connectivity index (χ3v) is 4.97. The van der Waals surface area contributed by atoms with Gasteiger partial charge in [-0.05, 0) is 56.9 Å². The van der Waals surface area contributed by atoms with Crippen LogP contribution in [0.3, 0.4) is 0 Å². The van der Waals surface area contributed by atoms with Gasteiger partial charge in [0.1, 0.15) is 0 Å². The maximum Gasteiger partial charge on any atom is 0.331 e. The topological polar surface area (TPSA) is 65.1 Å². The molecule has 27 heavy (non-hydrogen) atoms. The molecule has 0 bridgehead atoms. The summed E-state index contributed by atoms with van der Waals surface area (Å²) in [6.07, 6.45) is 5.87. The first-order chi connectivity index (χ1) is 12.9. The van der Waals surface area contributed by atoms with Gasteiger partial charge in [0, 0.05) is 18.2 Å². The van der Waals surface area contributed by atoms with Crippen molar-refractivity contribution in [2.45, 2.75) is 45.2 Å².